The third-order valence-corrected chi connectivity index (χ3v) is 4.29. The van der Waals surface area contributed by atoms with Crippen LogP contribution in [0.1, 0.15) is 65.2 Å². The summed E-state index contributed by atoms with van der Waals surface area (Å²) in [4.78, 5) is 23.2. The van der Waals surface area contributed by atoms with Crippen LogP contribution in [0.5, 0.6) is 0 Å². The van der Waals surface area contributed by atoms with Crippen molar-refractivity contribution in [2.75, 3.05) is 13.2 Å². The molecule has 0 bridgehead atoms. The second-order valence-electron chi connectivity index (χ2n) is 6.23. The van der Waals surface area contributed by atoms with Crippen LogP contribution in [0.2, 0.25) is 0 Å². The summed E-state index contributed by atoms with van der Waals surface area (Å²) in [7, 11) is 0. The van der Waals surface area contributed by atoms with Crippen LogP contribution in [0.15, 0.2) is 0 Å². The summed E-state index contributed by atoms with van der Waals surface area (Å²) in [6.45, 7) is 4.26. The molecule has 1 saturated heterocycles. The van der Waals surface area contributed by atoms with Crippen LogP contribution in [-0.4, -0.2) is 36.2 Å². The molecule has 0 aromatic heterocycles. The second-order valence-corrected chi connectivity index (χ2v) is 6.23. The van der Waals surface area contributed by atoms with Gasteiger partial charge in [0.15, 0.2) is 0 Å². The number of carbonyl (C=O) groups is 2. The molecule has 21 heavy (non-hydrogen) atoms. The van der Waals surface area contributed by atoms with Crippen molar-refractivity contribution in [3.8, 4) is 0 Å². The molecule has 1 fully saturated rings. The first kappa shape index (κ1) is 18.0. The Morgan fingerprint density at radius 3 is 2.43 bits per heavy atom. The molecule has 1 aliphatic heterocycles. The molecule has 0 aromatic rings. The number of hydrogen-bond donors (Lipinski definition) is 2. The van der Waals surface area contributed by atoms with Gasteiger partial charge in [-0.3, -0.25) is 9.59 Å². The first-order valence-electron chi connectivity index (χ1n) is 8.11. The van der Waals surface area contributed by atoms with Gasteiger partial charge in [0.2, 0.25) is 5.91 Å². The van der Waals surface area contributed by atoms with Crippen LogP contribution < -0.4 is 5.32 Å². The van der Waals surface area contributed by atoms with E-state index in [1.807, 2.05) is 0 Å². The van der Waals surface area contributed by atoms with Gasteiger partial charge >= 0.3 is 5.97 Å². The van der Waals surface area contributed by atoms with Crippen molar-refractivity contribution in [2.24, 2.45) is 5.41 Å². The average molecular weight is 299 g/mol. The number of ether oxygens (including phenoxy) is 1. The average Bonchev–Trinajstić information content (AvgIpc) is 2.80. The van der Waals surface area contributed by atoms with E-state index in [1.54, 1.807) is 6.92 Å². The number of unbranched alkanes of at least 4 members (excludes halogenated alkanes) is 6. The lowest BCUT2D eigenvalue weighted by Gasteiger charge is -2.25. The Morgan fingerprint density at radius 1 is 1.19 bits per heavy atom. The summed E-state index contributed by atoms with van der Waals surface area (Å²) in [5, 5.41) is 12.1. The van der Waals surface area contributed by atoms with Gasteiger partial charge in [-0.2, -0.15) is 0 Å². The van der Waals surface area contributed by atoms with Crippen molar-refractivity contribution in [3.63, 3.8) is 0 Å². The minimum Gasteiger partial charge on any atom is -0.481 e. The van der Waals surface area contributed by atoms with E-state index in [9.17, 15) is 14.7 Å². The van der Waals surface area contributed by atoms with Crippen molar-refractivity contribution in [1.29, 1.82) is 0 Å². The number of carbonyl (C=O) groups excluding carboxylic acids is 1. The van der Waals surface area contributed by atoms with Gasteiger partial charge in [0.05, 0.1) is 19.3 Å². The number of hydrogen-bond acceptors (Lipinski definition) is 3. The van der Waals surface area contributed by atoms with E-state index in [1.165, 1.54) is 32.1 Å². The molecule has 0 aromatic carbocycles. The van der Waals surface area contributed by atoms with E-state index in [2.05, 4.69) is 12.2 Å². The predicted molar refractivity (Wildman–Crippen MR) is 81.1 cm³/mol. The first-order chi connectivity index (χ1) is 10.0. The topological polar surface area (TPSA) is 75.6 Å². The summed E-state index contributed by atoms with van der Waals surface area (Å²) in [6, 6.07) is -0.424. The molecule has 0 spiro atoms. The molecule has 5 heteroatoms. The molecule has 2 atom stereocenters. The number of nitrogens with one attached hydrogen (secondary N) is 1. The van der Waals surface area contributed by atoms with E-state index >= 15 is 0 Å². The quantitative estimate of drug-likeness (QED) is 0.608. The number of aliphatic carboxylic acids is 1. The normalized spacial score (nSPS) is 25.0. The van der Waals surface area contributed by atoms with Crippen LogP contribution >= 0.6 is 0 Å². The summed E-state index contributed by atoms with van der Waals surface area (Å²) in [6.07, 6.45) is 8.63. The zero-order chi connectivity index (χ0) is 15.7. The Morgan fingerprint density at radius 2 is 1.81 bits per heavy atom. The molecule has 2 unspecified atom stereocenters. The highest BCUT2D eigenvalue weighted by Gasteiger charge is 2.47. The highest BCUT2D eigenvalue weighted by atomic mass is 16.5. The standard InChI is InChI=1S/C16H29NO4/c1-3-4-5-6-7-8-9-10-14(18)17-13-11-21-12-16(13,2)15(19)20/h13H,3-12H2,1-2H3,(H,17,18)(H,19,20). The lowest BCUT2D eigenvalue weighted by molar-refractivity contribution is -0.149. The smallest absolute Gasteiger partial charge is 0.313 e. The SMILES string of the molecule is CCCCCCCCCC(=O)NC1COCC1(C)C(=O)O. The monoisotopic (exact) mass is 299 g/mol. The molecular formula is C16H29NO4. The Kier molecular flexibility index (Phi) is 7.72. The van der Waals surface area contributed by atoms with Crippen LogP contribution in [0.4, 0.5) is 0 Å². The molecule has 1 amide bonds. The Hall–Kier alpha value is -1.10. The molecule has 1 heterocycles. The maximum Gasteiger partial charge on any atom is 0.313 e. The van der Waals surface area contributed by atoms with Gasteiger partial charge in [-0.25, -0.2) is 0 Å². The molecule has 5 nitrogen and oxygen atoms in total. The summed E-state index contributed by atoms with van der Waals surface area (Å²) in [5.74, 6) is -0.979. The van der Waals surface area contributed by atoms with Gasteiger partial charge in [0.25, 0.3) is 0 Å². The molecule has 1 rings (SSSR count). The highest BCUT2D eigenvalue weighted by Crippen LogP contribution is 2.28. The molecule has 0 aliphatic carbocycles. The largest absolute Gasteiger partial charge is 0.481 e. The van der Waals surface area contributed by atoms with E-state index in [0.29, 0.717) is 6.42 Å². The molecule has 122 valence electrons. The van der Waals surface area contributed by atoms with Gasteiger partial charge in [0, 0.05) is 6.42 Å². The maximum atomic E-state index is 11.9. The van der Waals surface area contributed by atoms with Crippen LogP contribution in [0, 0.1) is 5.41 Å². The van der Waals surface area contributed by atoms with Crippen molar-refractivity contribution >= 4 is 11.9 Å². The van der Waals surface area contributed by atoms with E-state index in [0.717, 1.165) is 12.8 Å². The van der Waals surface area contributed by atoms with Gasteiger partial charge in [-0.05, 0) is 13.3 Å². The molecular weight excluding hydrogens is 270 g/mol. The fraction of sp³-hybridized carbons (Fsp3) is 0.875. The number of carboxylic acids is 1. The summed E-state index contributed by atoms with van der Waals surface area (Å²) < 4.78 is 5.22. The van der Waals surface area contributed by atoms with Gasteiger partial charge in [-0.1, -0.05) is 45.4 Å². The lowest BCUT2D eigenvalue weighted by atomic mass is 9.85. The molecule has 0 saturated carbocycles. The van der Waals surface area contributed by atoms with Crippen LogP contribution in [0.25, 0.3) is 0 Å². The Bertz CT molecular complexity index is 345. The van der Waals surface area contributed by atoms with Gasteiger partial charge in [-0.15, -0.1) is 0 Å². The molecule has 0 radical (unpaired) electrons. The number of amides is 1. The van der Waals surface area contributed by atoms with Crippen molar-refractivity contribution in [1.82, 2.24) is 5.32 Å². The van der Waals surface area contributed by atoms with E-state index < -0.39 is 17.4 Å². The van der Waals surface area contributed by atoms with Gasteiger partial charge < -0.3 is 15.2 Å². The third kappa shape index (κ3) is 5.65. The zero-order valence-electron chi connectivity index (χ0n) is 13.3. The minimum absolute atomic E-state index is 0.0634. The molecule has 2 N–H and O–H groups in total. The number of rotatable bonds is 10. The minimum atomic E-state index is -1.00. The van der Waals surface area contributed by atoms with E-state index in [-0.39, 0.29) is 19.1 Å². The fourth-order valence-electron chi connectivity index (χ4n) is 2.59. The van der Waals surface area contributed by atoms with Gasteiger partial charge in [0.1, 0.15) is 5.41 Å². The van der Waals surface area contributed by atoms with Crippen molar-refractivity contribution in [2.45, 2.75) is 71.3 Å². The summed E-state index contributed by atoms with van der Waals surface area (Å²) >= 11 is 0. The molecule has 1 aliphatic rings. The highest BCUT2D eigenvalue weighted by molar-refractivity contribution is 5.80. The predicted octanol–water partition coefficient (Wildman–Crippen LogP) is 2.73. The van der Waals surface area contributed by atoms with Crippen molar-refractivity contribution in [3.05, 3.63) is 0 Å². The number of carboxylic acid groups (broad SMARTS) is 1. The lowest BCUT2D eigenvalue weighted by Crippen LogP contribution is -2.49. The van der Waals surface area contributed by atoms with E-state index in [4.69, 9.17) is 4.74 Å². The fourth-order valence-corrected chi connectivity index (χ4v) is 2.59. The zero-order valence-corrected chi connectivity index (χ0v) is 13.3. The second kappa shape index (κ2) is 9.03. The Balaban J connectivity index is 2.17. The Labute approximate surface area is 127 Å². The van der Waals surface area contributed by atoms with Crippen molar-refractivity contribution < 1.29 is 19.4 Å². The van der Waals surface area contributed by atoms with Crippen LogP contribution in [-0.2, 0) is 14.3 Å². The first-order valence-corrected chi connectivity index (χ1v) is 8.11. The maximum absolute atomic E-state index is 11.9. The summed E-state index contributed by atoms with van der Waals surface area (Å²) in [5.41, 5.74) is -1.00. The van der Waals surface area contributed by atoms with Crippen LogP contribution in [0.3, 0.4) is 0 Å². The third-order valence-electron chi connectivity index (χ3n) is 4.29.